The van der Waals surface area contributed by atoms with E-state index in [1.165, 1.54) is 18.3 Å². The molecule has 0 aliphatic carbocycles. The fourth-order valence-electron chi connectivity index (χ4n) is 3.53. The summed E-state index contributed by atoms with van der Waals surface area (Å²) in [6.07, 6.45) is 2.40. The van der Waals surface area contributed by atoms with E-state index in [9.17, 15) is 9.59 Å². The van der Waals surface area contributed by atoms with E-state index < -0.39 is 5.97 Å². The maximum absolute atomic E-state index is 12.8. The van der Waals surface area contributed by atoms with Crippen molar-refractivity contribution in [3.05, 3.63) is 94.9 Å². The van der Waals surface area contributed by atoms with E-state index in [2.05, 4.69) is 10.3 Å². The fourth-order valence-corrected chi connectivity index (χ4v) is 4.39. The number of anilines is 3. The Kier molecular flexibility index (Phi) is 7.39. The summed E-state index contributed by atoms with van der Waals surface area (Å²) in [5, 5.41) is 5.54. The number of carbonyl (C=O) groups excluding carboxylic acids is 2. The first-order chi connectivity index (χ1) is 16.6. The van der Waals surface area contributed by atoms with Crippen molar-refractivity contribution in [3.63, 3.8) is 0 Å². The SMILES string of the molecule is CCc1ccccc1N(C(C)=O)c1nc(COC(=O)c2ccccc2NCc2ccco2)cs1. The normalized spacial score (nSPS) is 10.6. The van der Waals surface area contributed by atoms with Crippen molar-refractivity contribution in [2.24, 2.45) is 0 Å². The highest BCUT2D eigenvalue weighted by atomic mass is 32.1. The number of thiazole rings is 1. The molecule has 1 N–H and O–H groups in total. The van der Waals surface area contributed by atoms with E-state index in [0.29, 0.717) is 28.6 Å². The Morgan fingerprint density at radius 3 is 2.65 bits per heavy atom. The minimum atomic E-state index is -0.461. The number of nitrogens with zero attached hydrogens (tertiary/aromatic N) is 2. The third kappa shape index (κ3) is 5.35. The predicted molar refractivity (Wildman–Crippen MR) is 132 cm³/mol. The van der Waals surface area contributed by atoms with E-state index in [4.69, 9.17) is 9.15 Å². The Balaban J connectivity index is 1.45. The molecule has 2 aromatic heterocycles. The Labute approximate surface area is 202 Å². The summed E-state index contributed by atoms with van der Waals surface area (Å²) in [7, 11) is 0. The standard InChI is InChI=1S/C26H25N3O4S/c1-3-19-9-4-7-13-24(19)29(18(2)30)26-28-20(17-34-26)16-33-25(31)22-11-5-6-12-23(22)27-15-21-10-8-14-32-21/h4-14,17,27H,3,15-16H2,1-2H3. The van der Waals surface area contributed by atoms with Crippen LogP contribution in [0.5, 0.6) is 0 Å². The van der Waals surface area contributed by atoms with Crippen molar-refractivity contribution in [2.75, 3.05) is 10.2 Å². The number of amides is 1. The molecular formula is C26H25N3O4S. The number of furan rings is 1. The topological polar surface area (TPSA) is 84.7 Å². The van der Waals surface area contributed by atoms with Gasteiger partial charge in [0.25, 0.3) is 0 Å². The highest BCUT2D eigenvalue weighted by Gasteiger charge is 2.21. The summed E-state index contributed by atoms with van der Waals surface area (Å²) in [5.74, 6) is 0.171. The number of carbonyl (C=O) groups is 2. The van der Waals surface area contributed by atoms with Gasteiger partial charge in [0.15, 0.2) is 5.13 Å². The van der Waals surface area contributed by atoms with E-state index in [1.807, 2.05) is 55.5 Å². The van der Waals surface area contributed by atoms with Gasteiger partial charge in [-0.2, -0.15) is 0 Å². The van der Waals surface area contributed by atoms with Gasteiger partial charge in [-0.25, -0.2) is 9.78 Å². The van der Waals surface area contributed by atoms with Gasteiger partial charge >= 0.3 is 5.97 Å². The Morgan fingerprint density at radius 1 is 1.09 bits per heavy atom. The molecule has 0 radical (unpaired) electrons. The molecule has 2 heterocycles. The predicted octanol–water partition coefficient (Wildman–Crippen LogP) is 5.95. The van der Waals surface area contributed by atoms with Gasteiger partial charge in [0.05, 0.1) is 29.8 Å². The maximum Gasteiger partial charge on any atom is 0.340 e. The Bertz CT molecular complexity index is 1270. The van der Waals surface area contributed by atoms with Gasteiger partial charge < -0.3 is 14.5 Å². The number of aryl methyl sites for hydroxylation is 1. The average Bonchev–Trinajstić information content (AvgIpc) is 3.54. The summed E-state index contributed by atoms with van der Waals surface area (Å²) in [5.41, 5.74) is 3.52. The smallest absolute Gasteiger partial charge is 0.340 e. The number of nitrogens with one attached hydrogen (secondary N) is 1. The van der Waals surface area contributed by atoms with Crippen LogP contribution in [0.25, 0.3) is 0 Å². The van der Waals surface area contributed by atoms with Crippen molar-refractivity contribution in [1.29, 1.82) is 0 Å². The van der Waals surface area contributed by atoms with Crippen LogP contribution in [0.2, 0.25) is 0 Å². The number of ether oxygens (including phenoxy) is 1. The quantitative estimate of drug-likeness (QED) is 0.301. The molecule has 7 nitrogen and oxygen atoms in total. The van der Waals surface area contributed by atoms with Crippen LogP contribution >= 0.6 is 11.3 Å². The number of benzene rings is 2. The molecule has 0 aliphatic heterocycles. The van der Waals surface area contributed by atoms with Gasteiger partial charge in [-0.1, -0.05) is 37.3 Å². The molecule has 0 atom stereocenters. The first-order valence-electron chi connectivity index (χ1n) is 10.9. The second-order valence-corrected chi connectivity index (χ2v) is 8.35. The van der Waals surface area contributed by atoms with E-state index in [-0.39, 0.29) is 12.5 Å². The van der Waals surface area contributed by atoms with Crippen molar-refractivity contribution < 1.29 is 18.7 Å². The zero-order valence-corrected chi connectivity index (χ0v) is 19.8. The highest BCUT2D eigenvalue weighted by molar-refractivity contribution is 7.14. The van der Waals surface area contributed by atoms with Crippen LogP contribution in [0, 0.1) is 0 Å². The van der Waals surface area contributed by atoms with Crippen molar-refractivity contribution in [2.45, 2.75) is 33.4 Å². The van der Waals surface area contributed by atoms with Crippen LogP contribution in [0.15, 0.2) is 76.7 Å². The summed E-state index contributed by atoms with van der Waals surface area (Å²) in [4.78, 5) is 31.4. The number of hydrogen-bond donors (Lipinski definition) is 1. The molecule has 0 bridgehead atoms. The highest BCUT2D eigenvalue weighted by Crippen LogP contribution is 2.32. The summed E-state index contributed by atoms with van der Waals surface area (Å²) in [6.45, 7) is 4.02. The third-order valence-electron chi connectivity index (χ3n) is 5.19. The lowest BCUT2D eigenvalue weighted by atomic mass is 10.1. The summed E-state index contributed by atoms with van der Waals surface area (Å²) >= 11 is 1.34. The minimum absolute atomic E-state index is 0.00300. The molecule has 8 heteroatoms. The second-order valence-electron chi connectivity index (χ2n) is 7.51. The van der Waals surface area contributed by atoms with Gasteiger partial charge in [0, 0.05) is 18.0 Å². The largest absolute Gasteiger partial charge is 0.467 e. The second kappa shape index (κ2) is 10.8. The molecule has 174 valence electrons. The van der Waals surface area contributed by atoms with Crippen molar-refractivity contribution in [3.8, 4) is 0 Å². The monoisotopic (exact) mass is 475 g/mol. The maximum atomic E-state index is 12.8. The Morgan fingerprint density at radius 2 is 1.88 bits per heavy atom. The van der Waals surface area contributed by atoms with Gasteiger partial charge in [-0.15, -0.1) is 11.3 Å². The summed E-state index contributed by atoms with van der Waals surface area (Å²) in [6, 6.07) is 18.6. The molecule has 4 rings (SSSR count). The molecule has 0 saturated carbocycles. The number of rotatable bonds is 9. The third-order valence-corrected chi connectivity index (χ3v) is 6.07. The lowest BCUT2D eigenvalue weighted by Gasteiger charge is -2.20. The molecule has 0 aliphatic rings. The van der Waals surface area contributed by atoms with Gasteiger partial charge in [0.1, 0.15) is 12.4 Å². The fraction of sp³-hybridized carbons (Fsp3) is 0.192. The van der Waals surface area contributed by atoms with Crippen LogP contribution < -0.4 is 10.2 Å². The first kappa shape index (κ1) is 23.3. The van der Waals surface area contributed by atoms with Gasteiger partial charge in [-0.3, -0.25) is 9.69 Å². The Hall–Kier alpha value is -3.91. The molecule has 0 fully saturated rings. The average molecular weight is 476 g/mol. The molecule has 2 aromatic carbocycles. The van der Waals surface area contributed by atoms with E-state index in [1.54, 1.807) is 28.7 Å². The van der Waals surface area contributed by atoms with Crippen LogP contribution in [-0.2, 0) is 29.1 Å². The zero-order valence-electron chi connectivity index (χ0n) is 19.0. The van der Waals surface area contributed by atoms with Gasteiger partial charge in [0.2, 0.25) is 5.91 Å². The van der Waals surface area contributed by atoms with Crippen molar-refractivity contribution >= 4 is 39.7 Å². The van der Waals surface area contributed by atoms with Crippen LogP contribution in [0.1, 0.15) is 41.2 Å². The summed E-state index contributed by atoms with van der Waals surface area (Å²) < 4.78 is 10.9. The molecule has 4 aromatic rings. The number of esters is 1. The van der Waals surface area contributed by atoms with Crippen LogP contribution in [0.3, 0.4) is 0 Å². The number of aromatic nitrogens is 1. The lowest BCUT2D eigenvalue weighted by molar-refractivity contribution is -0.115. The molecule has 0 saturated heterocycles. The number of para-hydroxylation sites is 2. The zero-order chi connectivity index (χ0) is 23.9. The first-order valence-corrected chi connectivity index (χ1v) is 11.8. The van der Waals surface area contributed by atoms with Crippen LogP contribution in [-0.4, -0.2) is 16.9 Å². The van der Waals surface area contributed by atoms with E-state index >= 15 is 0 Å². The number of hydrogen-bond acceptors (Lipinski definition) is 7. The van der Waals surface area contributed by atoms with Crippen LogP contribution in [0.4, 0.5) is 16.5 Å². The molecule has 34 heavy (non-hydrogen) atoms. The molecule has 1 amide bonds. The molecule has 0 unspecified atom stereocenters. The van der Waals surface area contributed by atoms with Gasteiger partial charge in [-0.05, 0) is 42.3 Å². The molecular weight excluding hydrogens is 450 g/mol. The van der Waals surface area contributed by atoms with E-state index in [0.717, 1.165) is 23.4 Å². The van der Waals surface area contributed by atoms with Crippen molar-refractivity contribution in [1.82, 2.24) is 4.98 Å². The lowest BCUT2D eigenvalue weighted by Crippen LogP contribution is -2.23. The molecule has 0 spiro atoms. The minimum Gasteiger partial charge on any atom is -0.467 e.